The highest BCUT2D eigenvalue weighted by atomic mass is 32.2. The van der Waals surface area contributed by atoms with E-state index in [1.807, 2.05) is 55.5 Å². The number of benzene rings is 2. The van der Waals surface area contributed by atoms with Crippen LogP contribution in [0.2, 0.25) is 0 Å². The number of amides is 1. The topological polar surface area (TPSA) is 89.7 Å². The van der Waals surface area contributed by atoms with Crippen molar-refractivity contribution in [3.63, 3.8) is 0 Å². The minimum atomic E-state index is -3.57. The van der Waals surface area contributed by atoms with E-state index in [0.717, 1.165) is 11.1 Å². The van der Waals surface area contributed by atoms with Crippen LogP contribution in [0.15, 0.2) is 48.5 Å². The van der Waals surface area contributed by atoms with Crippen molar-refractivity contribution in [2.45, 2.75) is 12.8 Å². The molecule has 0 radical (unpaired) electrons. The maximum atomic E-state index is 13.5. The van der Waals surface area contributed by atoms with Crippen LogP contribution in [0.5, 0.6) is 11.5 Å². The minimum absolute atomic E-state index is 0.0260. The van der Waals surface area contributed by atoms with E-state index >= 15 is 0 Å². The first-order valence-electron chi connectivity index (χ1n) is 8.98. The van der Waals surface area contributed by atoms with E-state index in [-0.39, 0.29) is 23.5 Å². The lowest BCUT2D eigenvalue weighted by atomic mass is 9.87. The van der Waals surface area contributed by atoms with Crippen LogP contribution in [0.4, 0.5) is 0 Å². The number of rotatable bonds is 3. The van der Waals surface area contributed by atoms with Gasteiger partial charge in [0.05, 0.1) is 11.7 Å². The molecule has 2 aliphatic heterocycles. The first-order chi connectivity index (χ1) is 12.8. The van der Waals surface area contributed by atoms with Crippen LogP contribution in [-0.4, -0.2) is 38.1 Å². The SMILES string of the molecule is C[C@@H]1CN(C(=O)C2c3ccccc3Oc3ccccc32)C[C@H]1CS(N)(=O)=O. The molecule has 0 bridgehead atoms. The normalized spacial score (nSPS) is 22.1. The van der Waals surface area contributed by atoms with E-state index in [4.69, 9.17) is 9.88 Å². The van der Waals surface area contributed by atoms with Crippen molar-refractivity contribution in [3.8, 4) is 11.5 Å². The highest BCUT2D eigenvalue weighted by molar-refractivity contribution is 7.89. The number of nitrogens with two attached hydrogens (primary N) is 1. The lowest BCUT2D eigenvalue weighted by molar-refractivity contribution is -0.131. The Kier molecular flexibility index (Phi) is 4.44. The molecule has 7 heteroatoms. The van der Waals surface area contributed by atoms with Crippen molar-refractivity contribution in [2.24, 2.45) is 17.0 Å². The fraction of sp³-hybridized carbons (Fsp3) is 0.350. The molecule has 1 fully saturated rings. The number of likely N-dealkylation sites (tertiary alicyclic amines) is 1. The van der Waals surface area contributed by atoms with Crippen LogP contribution in [0, 0.1) is 11.8 Å². The number of carbonyl (C=O) groups excluding carboxylic acids is 1. The third-order valence-electron chi connectivity index (χ3n) is 5.45. The van der Waals surface area contributed by atoms with Gasteiger partial charge in [0.15, 0.2) is 0 Å². The molecule has 1 amide bonds. The molecule has 0 spiro atoms. The van der Waals surface area contributed by atoms with E-state index in [1.165, 1.54) is 0 Å². The predicted molar refractivity (Wildman–Crippen MR) is 102 cm³/mol. The number of hydrogen-bond donors (Lipinski definition) is 1. The second kappa shape index (κ2) is 6.65. The zero-order valence-corrected chi connectivity index (χ0v) is 15.9. The Morgan fingerprint density at radius 2 is 1.63 bits per heavy atom. The largest absolute Gasteiger partial charge is 0.457 e. The second-order valence-electron chi connectivity index (χ2n) is 7.42. The summed E-state index contributed by atoms with van der Waals surface area (Å²) in [5.74, 6) is 0.727. The highest BCUT2D eigenvalue weighted by Gasteiger charge is 2.40. The molecule has 0 aliphatic carbocycles. The molecule has 2 aliphatic rings. The van der Waals surface area contributed by atoms with Gasteiger partial charge in [0, 0.05) is 24.2 Å². The Morgan fingerprint density at radius 3 is 2.19 bits per heavy atom. The molecule has 0 aromatic heterocycles. The summed E-state index contributed by atoms with van der Waals surface area (Å²) in [6.07, 6.45) is 0. The zero-order valence-electron chi connectivity index (χ0n) is 15.0. The smallest absolute Gasteiger partial charge is 0.234 e. The summed E-state index contributed by atoms with van der Waals surface area (Å²) in [7, 11) is -3.57. The Bertz CT molecular complexity index is 943. The van der Waals surface area contributed by atoms with E-state index in [9.17, 15) is 13.2 Å². The fourth-order valence-corrected chi connectivity index (χ4v) is 5.12. The fourth-order valence-electron chi connectivity index (χ4n) is 4.09. The average molecular weight is 386 g/mol. The van der Waals surface area contributed by atoms with Gasteiger partial charge < -0.3 is 9.64 Å². The molecule has 1 saturated heterocycles. The van der Waals surface area contributed by atoms with Crippen LogP contribution in [0.1, 0.15) is 24.0 Å². The number of hydrogen-bond acceptors (Lipinski definition) is 4. The van der Waals surface area contributed by atoms with E-state index in [1.54, 1.807) is 4.90 Å². The Balaban J connectivity index is 1.67. The molecule has 0 saturated carbocycles. The second-order valence-corrected chi connectivity index (χ2v) is 9.08. The average Bonchev–Trinajstić information content (AvgIpc) is 2.98. The van der Waals surface area contributed by atoms with Crippen LogP contribution in [-0.2, 0) is 14.8 Å². The Hall–Kier alpha value is -2.38. The maximum Gasteiger partial charge on any atom is 0.234 e. The number of para-hydroxylation sites is 2. The third-order valence-corrected chi connectivity index (χ3v) is 6.35. The Morgan fingerprint density at radius 1 is 1.07 bits per heavy atom. The van der Waals surface area contributed by atoms with Crippen LogP contribution < -0.4 is 9.88 Å². The molecule has 2 aromatic rings. The van der Waals surface area contributed by atoms with E-state index < -0.39 is 15.9 Å². The van der Waals surface area contributed by atoms with Crippen molar-refractivity contribution in [1.82, 2.24) is 4.90 Å². The number of primary sulfonamides is 1. The molecule has 27 heavy (non-hydrogen) atoms. The molecular weight excluding hydrogens is 364 g/mol. The molecule has 2 N–H and O–H groups in total. The summed E-state index contributed by atoms with van der Waals surface area (Å²) >= 11 is 0. The molecular formula is C20H22N2O4S. The first-order valence-corrected chi connectivity index (χ1v) is 10.7. The predicted octanol–water partition coefficient (Wildman–Crippen LogP) is 2.31. The van der Waals surface area contributed by atoms with Gasteiger partial charge in [-0.15, -0.1) is 0 Å². The number of sulfonamides is 1. The van der Waals surface area contributed by atoms with E-state index in [2.05, 4.69) is 0 Å². The maximum absolute atomic E-state index is 13.5. The highest BCUT2D eigenvalue weighted by Crippen LogP contribution is 2.45. The number of nitrogens with zero attached hydrogens (tertiary/aromatic N) is 1. The summed E-state index contributed by atoms with van der Waals surface area (Å²) in [6, 6.07) is 15.1. The van der Waals surface area contributed by atoms with Crippen molar-refractivity contribution in [1.29, 1.82) is 0 Å². The zero-order chi connectivity index (χ0) is 19.2. The standard InChI is InChI=1S/C20H22N2O4S/c1-13-10-22(11-14(13)12-27(21,24)25)20(23)19-15-6-2-4-8-17(15)26-18-9-5-3-7-16(18)19/h2-9,13-14,19H,10-12H2,1H3,(H2,21,24,25)/t13-,14+/m1/s1. The molecule has 142 valence electrons. The van der Waals surface area contributed by atoms with Gasteiger partial charge in [-0.3, -0.25) is 4.79 Å². The Labute approximate surface area is 159 Å². The third kappa shape index (κ3) is 3.44. The van der Waals surface area contributed by atoms with Gasteiger partial charge in [0.1, 0.15) is 11.5 Å². The lowest BCUT2D eigenvalue weighted by Crippen LogP contribution is -2.35. The van der Waals surface area contributed by atoms with Crippen LogP contribution in [0.3, 0.4) is 0 Å². The van der Waals surface area contributed by atoms with Gasteiger partial charge in [0.25, 0.3) is 0 Å². The van der Waals surface area contributed by atoms with Crippen LogP contribution in [0.25, 0.3) is 0 Å². The van der Waals surface area contributed by atoms with E-state index in [0.29, 0.717) is 24.6 Å². The van der Waals surface area contributed by atoms with Crippen molar-refractivity contribution >= 4 is 15.9 Å². The lowest BCUT2D eigenvalue weighted by Gasteiger charge is -2.30. The number of fused-ring (bicyclic) bond motifs is 2. The number of carbonyl (C=O) groups is 1. The van der Waals surface area contributed by atoms with Gasteiger partial charge in [-0.25, -0.2) is 13.6 Å². The molecule has 2 atom stereocenters. The first kappa shape index (κ1) is 18.0. The molecule has 6 nitrogen and oxygen atoms in total. The summed E-state index contributed by atoms with van der Waals surface area (Å²) < 4.78 is 29.0. The molecule has 2 aromatic carbocycles. The van der Waals surface area contributed by atoms with Gasteiger partial charge >= 0.3 is 0 Å². The summed E-state index contributed by atoms with van der Waals surface area (Å²) in [5, 5.41) is 5.22. The van der Waals surface area contributed by atoms with Gasteiger partial charge in [-0.2, -0.15) is 0 Å². The molecule has 4 rings (SSSR count). The van der Waals surface area contributed by atoms with Crippen molar-refractivity contribution < 1.29 is 17.9 Å². The summed E-state index contributed by atoms with van der Waals surface area (Å²) in [6.45, 7) is 2.90. The minimum Gasteiger partial charge on any atom is -0.457 e. The van der Waals surface area contributed by atoms with Gasteiger partial charge in [-0.05, 0) is 24.0 Å². The number of ether oxygens (including phenoxy) is 1. The summed E-state index contributed by atoms with van der Waals surface area (Å²) in [5.41, 5.74) is 1.67. The monoisotopic (exact) mass is 386 g/mol. The van der Waals surface area contributed by atoms with Gasteiger partial charge in [-0.1, -0.05) is 43.3 Å². The van der Waals surface area contributed by atoms with Gasteiger partial charge in [0.2, 0.25) is 15.9 Å². The van der Waals surface area contributed by atoms with Crippen LogP contribution >= 0.6 is 0 Å². The summed E-state index contributed by atoms with van der Waals surface area (Å²) in [4.78, 5) is 15.2. The van der Waals surface area contributed by atoms with Crippen molar-refractivity contribution in [3.05, 3.63) is 59.7 Å². The quantitative estimate of drug-likeness (QED) is 0.876. The molecule has 2 heterocycles. The molecule has 0 unspecified atom stereocenters. The van der Waals surface area contributed by atoms with Crippen molar-refractivity contribution in [2.75, 3.05) is 18.8 Å².